The van der Waals surface area contributed by atoms with Crippen LogP contribution in [0.1, 0.15) is 12.0 Å². The predicted octanol–water partition coefficient (Wildman–Crippen LogP) is 3.69. The number of amides is 1. The lowest BCUT2D eigenvalue weighted by atomic mass is 10.2. The first-order valence-electron chi connectivity index (χ1n) is 7.78. The molecule has 0 bridgehead atoms. The van der Waals surface area contributed by atoms with Gasteiger partial charge in [-0.15, -0.1) is 0 Å². The molecule has 5 nitrogen and oxygen atoms in total. The molecule has 0 unspecified atom stereocenters. The zero-order valence-electron chi connectivity index (χ0n) is 13.7. The van der Waals surface area contributed by atoms with E-state index in [0.717, 1.165) is 11.3 Å². The van der Waals surface area contributed by atoms with Gasteiger partial charge in [0.1, 0.15) is 23.0 Å². The first-order chi connectivity index (χ1) is 12.2. The van der Waals surface area contributed by atoms with Crippen LogP contribution in [-0.2, 0) is 4.79 Å². The number of carbonyl (C=O) groups is 1. The summed E-state index contributed by atoms with van der Waals surface area (Å²) in [7, 11) is 1.55. The maximum atomic E-state index is 12.0. The fourth-order valence-electron chi connectivity index (χ4n) is 2.35. The minimum Gasteiger partial charge on any atom is -0.495 e. The van der Waals surface area contributed by atoms with Crippen LogP contribution in [0.2, 0.25) is 5.02 Å². The van der Waals surface area contributed by atoms with Crippen LogP contribution >= 0.6 is 11.6 Å². The molecule has 6 heteroatoms. The minimum absolute atomic E-state index is 0.235. The summed E-state index contributed by atoms with van der Waals surface area (Å²) >= 11 is 6.10. The van der Waals surface area contributed by atoms with Gasteiger partial charge in [0.15, 0.2) is 0 Å². The van der Waals surface area contributed by atoms with Crippen LogP contribution in [0.25, 0.3) is 6.08 Å². The van der Waals surface area contributed by atoms with Gasteiger partial charge < -0.3 is 14.8 Å². The molecule has 2 aromatic carbocycles. The van der Waals surface area contributed by atoms with Gasteiger partial charge in [-0.3, -0.25) is 4.79 Å². The van der Waals surface area contributed by atoms with Crippen LogP contribution in [0.4, 0.5) is 0 Å². The molecule has 2 aromatic rings. The first-order valence-corrected chi connectivity index (χ1v) is 8.15. The van der Waals surface area contributed by atoms with Crippen LogP contribution in [0.3, 0.4) is 0 Å². The van der Waals surface area contributed by atoms with E-state index in [1.165, 1.54) is 0 Å². The van der Waals surface area contributed by atoms with E-state index < -0.39 is 0 Å². The van der Waals surface area contributed by atoms with Gasteiger partial charge in [0.05, 0.1) is 18.7 Å². The number of benzene rings is 2. The van der Waals surface area contributed by atoms with Gasteiger partial charge in [-0.2, -0.15) is 0 Å². The second kappa shape index (κ2) is 7.85. The SMILES string of the molecule is COc1ccc(/C=C2/N=C(CCOc3ccccc3)NC2=O)cc1Cl. The van der Waals surface area contributed by atoms with E-state index in [1.807, 2.05) is 36.4 Å². The molecule has 1 heterocycles. The summed E-state index contributed by atoms with van der Waals surface area (Å²) in [6.45, 7) is 0.435. The van der Waals surface area contributed by atoms with Gasteiger partial charge in [-0.05, 0) is 35.9 Å². The van der Waals surface area contributed by atoms with Crippen molar-refractivity contribution in [3.63, 3.8) is 0 Å². The van der Waals surface area contributed by atoms with Crippen molar-refractivity contribution in [3.8, 4) is 11.5 Å². The largest absolute Gasteiger partial charge is 0.495 e. The summed E-state index contributed by atoms with van der Waals surface area (Å²) in [5, 5.41) is 3.23. The Morgan fingerprint density at radius 3 is 2.72 bits per heavy atom. The minimum atomic E-state index is -0.235. The summed E-state index contributed by atoms with van der Waals surface area (Å²) in [5.41, 5.74) is 1.12. The molecule has 0 spiro atoms. The van der Waals surface area contributed by atoms with Crippen LogP contribution < -0.4 is 14.8 Å². The van der Waals surface area contributed by atoms with Crippen molar-refractivity contribution in [2.75, 3.05) is 13.7 Å². The molecule has 0 atom stereocenters. The number of nitrogens with zero attached hydrogens (tertiary/aromatic N) is 1. The topological polar surface area (TPSA) is 59.9 Å². The zero-order chi connectivity index (χ0) is 17.6. The summed E-state index contributed by atoms with van der Waals surface area (Å²) in [6, 6.07) is 14.8. The van der Waals surface area contributed by atoms with E-state index in [2.05, 4.69) is 10.3 Å². The van der Waals surface area contributed by atoms with E-state index in [1.54, 1.807) is 25.3 Å². The van der Waals surface area contributed by atoms with Gasteiger partial charge in [0.2, 0.25) is 0 Å². The Bertz CT molecular complexity index is 832. The lowest BCUT2D eigenvalue weighted by Gasteiger charge is -2.05. The predicted molar refractivity (Wildman–Crippen MR) is 98.1 cm³/mol. The molecule has 25 heavy (non-hydrogen) atoms. The van der Waals surface area contributed by atoms with Crippen molar-refractivity contribution in [3.05, 3.63) is 64.8 Å². The molecule has 3 rings (SSSR count). The van der Waals surface area contributed by atoms with Gasteiger partial charge >= 0.3 is 0 Å². The highest BCUT2D eigenvalue weighted by Gasteiger charge is 2.19. The Labute approximate surface area is 150 Å². The van der Waals surface area contributed by atoms with Crippen LogP contribution in [0.5, 0.6) is 11.5 Å². The van der Waals surface area contributed by atoms with E-state index in [0.29, 0.717) is 35.3 Å². The Morgan fingerprint density at radius 1 is 1.20 bits per heavy atom. The molecule has 0 fully saturated rings. The van der Waals surface area contributed by atoms with Crippen molar-refractivity contribution in [1.29, 1.82) is 0 Å². The van der Waals surface area contributed by atoms with Gasteiger partial charge in [0, 0.05) is 6.42 Å². The maximum absolute atomic E-state index is 12.0. The summed E-state index contributed by atoms with van der Waals surface area (Å²) in [4.78, 5) is 16.4. The third-order valence-corrected chi connectivity index (χ3v) is 3.87. The van der Waals surface area contributed by atoms with Gasteiger partial charge in [0.25, 0.3) is 5.91 Å². The number of ether oxygens (including phenoxy) is 2. The molecule has 1 aliphatic heterocycles. The molecule has 0 aliphatic carbocycles. The molecule has 0 saturated heterocycles. The number of carbonyl (C=O) groups excluding carboxylic acids is 1. The fraction of sp³-hybridized carbons (Fsp3) is 0.158. The number of amidine groups is 1. The average Bonchev–Trinajstić information content (AvgIpc) is 2.95. The highest BCUT2D eigenvalue weighted by atomic mass is 35.5. The fourth-order valence-corrected chi connectivity index (χ4v) is 2.61. The van der Waals surface area contributed by atoms with Crippen molar-refractivity contribution >= 4 is 29.4 Å². The Balaban J connectivity index is 1.64. The van der Waals surface area contributed by atoms with Crippen LogP contribution in [0.15, 0.2) is 59.2 Å². The molecule has 1 aliphatic rings. The molecule has 1 amide bonds. The third kappa shape index (κ3) is 4.39. The first kappa shape index (κ1) is 17.0. The second-order valence-electron chi connectivity index (χ2n) is 5.35. The summed E-state index contributed by atoms with van der Waals surface area (Å²) < 4.78 is 10.7. The standard InChI is InChI=1S/C19H17ClN2O3/c1-24-17-8-7-13(11-15(17)20)12-16-19(23)22-18(21-16)9-10-25-14-5-3-2-4-6-14/h2-8,11-12H,9-10H2,1H3,(H,21,22,23)/b16-12+. The van der Waals surface area contributed by atoms with Crippen molar-refractivity contribution < 1.29 is 14.3 Å². The van der Waals surface area contributed by atoms with E-state index in [-0.39, 0.29) is 5.91 Å². The number of halogens is 1. The number of hydrogen-bond acceptors (Lipinski definition) is 4. The highest BCUT2D eigenvalue weighted by Crippen LogP contribution is 2.26. The summed E-state index contributed by atoms with van der Waals surface area (Å²) in [5.74, 6) is 1.73. The number of para-hydroxylation sites is 1. The van der Waals surface area contributed by atoms with Crippen LogP contribution in [-0.4, -0.2) is 25.5 Å². The quantitative estimate of drug-likeness (QED) is 0.803. The van der Waals surface area contributed by atoms with Crippen molar-refractivity contribution in [2.45, 2.75) is 6.42 Å². The van der Waals surface area contributed by atoms with Crippen molar-refractivity contribution in [2.24, 2.45) is 4.99 Å². The zero-order valence-corrected chi connectivity index (χ0v) is 14.4. The normalized spacial score (nSPS) is 15.0. The lowest BCUT2D eigenvalue weighted by Crippen LogP contribution is -2.25. The average molecular weight is 357 g/mol. The number of methoxy groups -OCH3 is 1. The van der Waals surface area contributed by atoms with E-state index >= 15 is 0 Å². The number of hydrogen-bond donors (Lipinski definition) is 1. The second-order valence-corrected chi connectivity index (χ2v) is 5.75. The Morgan fingerprint density at radius 2 is 2.00 bits per heavy atom. The monoisotopic (exact) mass is 356 g/mol. The highest BCUT2D eigenvalue weighted by molar-refractivity contribution is 6.32. The van der Waals surface area contributed by atoms with Gasteiger partial charge in [-0.1, -0.05) is 35.9 Å². The summed E-state index contributed by atoms with van der Waals surface area (Å²) in [6.07, 6.45) is 2.20. The Hall–Kier alpha value is -2.79. The molecule has 0 radical (unpaired) electrons. The maximum Gasteiger partial charge on any atom is 0.275 e. The molecular formula is C19H17ClN2O3. The van der Waals surface area contributed by atoms with E-state index in [9.17, 15) is 4.79 Å². The smallest absolute Gasteiger partial charge is 0.275 e. The Kier molecular flexibility index (Phi) is 5.36. The third-order valence-electron chi connectivity index (χ3n) is 3.58. The molecule has 0 saturated carbocycles. The molecule has 1 N–H and O–H groups in total. The molecule has 0 aromatic heterocycles. The lowest BCUT2D eigenvalue weighted by molar-refractivity contribution is -0.115. The van der Waals surface area contributed by atoms with Crippen LogP contribution in [0, 0.1) is 0 Å². The van der Waals surface area contributed by atoms with Crippen molar-refractivity contribution in [1.82, 2.24) is 5.32 Å². The molecule has 128 valence electrons. The number of nitrogens with one attached hydrogen (secondary N) is 1. The number of rotatable bonds is 6. The molecular weight excluding hydrogens is 340 g/mol. The van der Waals surface area contributed by atoms with E-state index in [4.69, 9.17) is 21.1 Å². The number of aliphatic imine (C=N–C) groups is 1. The van der Waals surface area contributed by atoms with Gasteiger partial charge in [-0.25, -0.2) is 4.99 Å².